The highest BCUT2D eigenvalue weighted by Crippen LogP contribution is 2.41. The van der Waals surface area contributed by atoms with E-state index in [0.717, 1.165) is 11.3 Å². The largest absolute Gasteiger partial charge is 0.310 e. The number of rotatable bonds is 2. The summed E-state index contributed by atoms with van der Waals surface area (Å²) in [5, 5.41) is 7.50. The van der Waals surface area contributed by atoms with Crippen LogP contribution in [0.15, 0.2) is 30.5 Å². The first-order valence-corrected chi connectivity index (χ1v) is 7.86. The molecule has 0 radical (unpaired) electrons. The van der Waals surface area contributed by atoms with Crippen molar-refractivity contribution in [2.45, 2.75) is 19.1 Å². The number of nitrogens with one attached hydrogen (secondary N) is 1. The number of carbonyl (C=O) groups is 1. The Labute approximate surface area is 126 Å². The zero-order valence-corrected chi connectivity index (χ0v) is 12.7. The lowest BCUT2D eigenvalue weighted by atomic mass is 10.0. The van der Waals surface area contributed by atoms with Crippen LogP contribution in [0.25, 0.3) is 5.69 Å². The number of hydrogen-bond donors (Lipinski definition) is 1. The van der Waals surface area contributed by atoms with Crippen LogP contribution in [-0.4, -0.2) is 21.4 Å². The molecule has 21 heavy (non-hydrogen) atoms. The molecule has 0 fully saturated rings. The van der Waals surface area contributed by atoms with E-state index in [1.807, 2.05) is 0 Å². The second kappa shape index (κ2) is 5.52. The van der Waals surface area contributed by atoms with Gasteiger partial charge >= 0.3 is 0 Å². The fourth-order valence-corrected chi connectivity index (χ4v) is 3.59. The third-order valence-electron chi connectivity index (χ3n) is 3.43. The van der Waals surface area contributed by atoms with Crippen LogP contribution >= 0.6 is 11.8 Å². The molecule has 1 aliphatic heterocycles. The zero-order chi connectivity index (χ0) is 15.0. The minimum absolute atomic E-state index is 0.0340. The summed E-state index contributed by atoms with van der Waals surface area (Å²) in [5.41, 5.74) is 1.75. The van der Waals surface area contributed by atoms with Crippen LogP contribution in [0.3, 0.4) is 0 Å². The molecule has 4 nitrogen and oxygen atoms in total. The zero-order valence-electron chi connectivity index (χ0n) is 11.8. The Morgan fingerprint density at radius 3 is 2.76 bits per heavy atom. The molecule has 110 valence electrons. The first-order chi connectivity index (χ1) is 10.1. The van der Waals surface area contributed by atoms with Crippen molar-refractivity contribution in [3.8, 4) is 5.69 Å². The van der Waals surface area contributed by atoms with Crippen molar-refractivity contribution < 1.29 is 9.18 Å². The Kier molecular flexibility index (Phi) is 3.71. The van der Waals surface area contributed by atoms with Crippen molar-refractivity contribution in [1.82, 2.24) is 9.78 Å². The lowest BCUT2D eigenvalue weighted by Crippen LogP contribution is -2.15. The topological polar surface area (TPSA) is 46.9 Å². The Bertz CT molecular complexity index is 666. The number of halogens is 1. The van der Waals surface area contributed by atoms with E-state index in [1.165, 1.54) is 12.1 Å². The summed E-state index contributed by atoms with van der Waals surface area (Å²) in [6.45, 7) is 4.26. The number of fused-ring (bicyclic) bond motifs is 1. The standard InChI is InChI=1S/C15H16FN3OS/c1-9(2)14-12-7-17-19(11-5-3-10(16)4-6-11)15(12)18-13(20)8-21-14/h3-7,9,14H,8H2,1-2H3,(H,18,20)/t14-/m1/s1. The third-order valence-corrected chi connectivity index (χ3v) is 5.02. The second-order valence-electron chi connectivity index (χ2n) is 5.36. The molecule has 1 amide bonds. The minimum atomic E-state index is -0.295. The van der Waals surface area contributed by atoms with Crippen molar-refractivity contribution in [3.05, 3.63) is 41.8 Å². The van der Waals surface area contributed by atoms with Gasteiger partial charge in [0.2, 0.25) is 5.91 Å². The summed E-state index contributed by atoms with van der Waals surface area (Å²) in [6.07, 6.45) is 1.79. The average molecular weight is 305 g/mol. The fraction of sp³-hybridized carbons (Fsp3) is 0.333. The van der Waals surface area contributed by atoms with Gasteiger partial charge in [-0.3, -0.25) is 4.79 Å². The van der Waals surface area contributed by atoms with Gasteiger partial charge in [-0.25, -0.2) is 9.07 Å². The van der Waals surface area contributed by atoms with Crippen molar-refractivity contribution >= 4 is 23.5 Å². The van der Waals surface area contributed by atoms with E-state index in [1.54, 1.807) is 34.8 Å². The van der Waals surface area contributed by atoms with Crippen molar-refractivity contribution in [2.75, 3.05) is 11.1 Å². The molecule has 1 N–H and O–H groups in total. The van der Waals surface area contributed by atoms with Crippen molar-refractivity contribution in [3.63, 3.8) is 0 Å². The quantitative estimate of drug-likeness (QED) is 0.925. The molecule has 2 heterocycles. The summed E-state index contributed by atoms with van der Waals surface area (Å²) in [4.78, 5) is 11.9. The van der Waals surface area contributed by atoms with E-state index in [9.17, 15) is 9.18 Å². The molecule has 0 unspecified atom stereocenters. The summed E-state index contributed by atoms with van der Waals surface area (Å²) < 4.78 is 14.7. The van der Waals surface area contributed by atoms with Gasteiger partial charge in [0, 0.05) is 10.8 Å². The molecule has 0 saturated carbocycles. The highest BCUT2D eigenvalue weighted by atomic mass is 32.2. The van der Waals surface area contributed by atoms with Crippen molar-refractivity contribution in [1.29, 1.82) is 0 Å². The molecule has 0 spiro atoms. The lowest BCUT2D eigenvalue weighted by molar-refractivity contribution is -0.113. The van der Waals surface area contributed by atoms with Gasteiger partial charge in [-0.05, 0) is 30.2 Å². The SMILES string of the molecule is CC(C)[C@H]1SCC(=O)Nc2c1cnn2-c1ccc(F)cc1. The molecule has 1 atom stereocenters. The Balaban J connectivity index is 2.09. The van der Waals surface area contributed by atoms with E-state index in [2.05, 4.69) is 24.3 Å². The summed E-state index contributed by atoms with van der Waals surface area (Å²) in [7, 11) is 0. The molecule has 6 heteroatoms. The third kappa shape index (κ3) is 2.68. The molecule has 0 saturated heterocycles. The molecule has 1 aromatic carbocycles. The number of aromatic nitrogens is 2. The molecule has 0 aliphatic carbocycles. The molecule has 1 aliphatic rings. The number of hydrogen-bond acceptors (Lipinski definition) is 3. The molecule has 2 aromatic rings. The van der Waals surface area contributed by atoms with E-state index in [4.69, 9.17) is 0 Å². The van der Waals surface area contributed by atoms with E-state index in [-0.39, 0.29) is 17.0 Å². The summed E-state index contributed by atoms with van der Waals surface area (Å²) >= 11 is 1.63. The van der Waals surface area contributed by atoms with Gasteiger partial charge in [0.25, 0.3) is 0 Å². The minimum Gasteiger partial charge on any atom is -0.310 e. The maximum absolute atomic E-state index is 13.1. The van der Waals surface area contributed by atoms with Crippen LogP contribution in [0.4, 0.5) is 10.2 Å². The monoisotopic (exact) mass is 305 g/mol. The van der Waals surface area contributed by atoms with E-state index in [0.29, 0.717) is 17.5 Å². The van der Waals surface area contributed by atoms with Crippen LogP contribution < -0.4 is 5.32 Å². The first-order valence-electron chi connectivity index (χ1n) is 6.81. The highest BCUT2D eigenvalue weighted by molar-refractivity contribution is 8.00. The number of anilines is 1. The Morgan fingerprint density at radius 2 is 2.10 bits per heavy atom. The van der Waals surface area contributed by atoms with Crippen LogP contribution in [0.1, 0.15) is 24.7 Å². The van der Waals surface area contributed by atoms with Gasteiger partial charge in [-0.1, -0.05) is 13.8 Å². The molecule has 3 rings (SSSR count). The molecular weight excluding hydrogens is 289 g/mol. The fourth-order valence-electron chi connectivity index (χ4n) is 2.45. The van der Waals surface area contributed by atoms with Gasteiger partial charge < -0.3 is 5.32 Å². The van der Waals surface area contributed by atoms with Gasteiger partial charge in [-0.2, -0.15) is 5.10 Å². The van der Waals surface area contributed by atoms with Gasteiger partial charge in [0.05, 0.1) is 17.6 Å². The Hall–Kier alpha value is -1.82. The molecule has 1 aromatic heterocycles. The number of benzene rings is 1. The highest BCUT2D eigenvalue weighted by Gasteiger charge is 2.28. The van der Waals surface area contributed by atoms with Gasteiger partial charge in [0.15, 0.2) is 0 Å². The van der Waals surface area contributed by atoms with Crippen molar-refractivity contribution in [2.24, 2.45) is 5.92 Å². The maximum Gasteiger partial charge on any atom is 0.235 e. The van der Waals surface area contributed by atoms with Gasteiger partial charge in [-0.15, -0.1) is 11.8 Å². The van der Waals surface area contributed by atoms with Crippen LogP contribution in [0.2, 0.25) is 0 Å². The van der Waals surface area contributed by atoms with Crippen LogP contribution in [-0.2, 0) is 4.79 Å². The summed E-state index contributed by atoms with van der Waals surface area (Å²) in [6, 6.07) is 6.07. The normalized spacial score (nSPS) is 18.3. The predicted octanol–water partition coefficient (Wildman–Crippen LogP) is 3.39. The number of nitrogens with zero attached hydrogens (tertiary/aromatic N) is 2. The number of thioether (sulfide) groups is 1. The maximum atomic E-state index is 13.1. The van der Waals surface area contributed by atoms with Crippen LogP contribution in [0.5, 0.6) is 0 Å². The predicted molar refractivity (Wildman–Crippen MR) is 82.2 cm³/mol. The first kappa shape index (κ1) is 14.1. The van der Waals surface area contributed by atoms with E-state index >= 15 is 0 Å². The lowest BCUT2D eigenvalue weighted by Gasteiger charge is -2.17. The molecule has 0 bridgehead atoms. The number of amides is 1. The van der Waals surface area contributed by atoms with E-state index < -0.39 is 0 Å². The van der Waals surface area contributed by atoms with Crippen LogP contribution in [0, 0.1) is 11.7 Å². The molecular formula is C15H16FN3OS. The van der Waals surface area contributed by atoms with Gasteiger partial charge in [0.1, 0.15) is 11.6 Å². The average Bonchev–Trinajstić information content (AvgIpc) is 2.75. The summed E-state index contributed by atoms with van der Waals surface area (Å²) in [5.74, 6) is 1.19. The smallest absolute Gasteiger partial charge is 0.235 e. The number of carbonyl (C=O) groups excluding carboxylic acids is 1. The second-order valence-corrected chi connectivity index (χ2v) is 6.49. The Morgan fingerprint density at radius 1 is 1.38 bits per heavy atom.